The number of halogens is 1. The number of hydrogen-bond acceptors (Lipinski definition) is 3. The van der Waals surface area contributed by atoms with Gasteiger partial charge in [-0.25, -0.2) is 4.39 Å². The Morgan fingerprint density at radius 1 is 1.07 bits per heavy atom. The topological polar surface area (TPSA) is 61.4 Å². The van der Waals surface area contributed by atoms with Gasteiger partial charge in [0.2, 0.25) is 5.91 Å². The molecule has 0 bridgehead atoms. The summed E-state index contributed by atoms with van der Waals surface area (Å²) < 4.78 is 13.5. The molecule has 1 fully saturated rings. The third-order valence-electron chi connectivity index (χ3n) is 5.47. The Morgan fingerprint density at radius 3 is 2.46 bits per heavy atom. The van der Waals surface area contributed by atoms with Crippen molar-refractivity contribution in [3.63, 3.8) is 0 Å². The number of nitrogens with one attached hydrogen (secondary N) is 2. The summed E-state index contributed by atoms with van der Waals surface area (Å²) in [6, 6.07) is 13.9. The standard InChI is InChI=1S/C22H26FN3O2/c1-24-21(27)13-19-9-10-20(26(19)2)14-25-22(28)17-7-3-5-15(11-17)16-6-4-8-18(23)12-16/h3-8,11-12,19-20H,9-10,13-14H2,1-2H3,(H,24,27)(H,25,28)/t19-,20+/m1/s1. The summed E-state index contributed by atoms with van der Waals surface area (Å²) in [6.07, 6.45) is 2.37. The predicted octanol–water partition coefficient (Wildman–Crippen LogP) is 2.82. The predicted molar refractivity (Wildman–Crippen MR) is 107 cm³/mol. The van der Waals surface area contributed by atoms with Gasteiger partial charge in [0.15, 0.2) is 0 Å². The van der Waals surface area contributed by atoms with Gasteiger partial charge in [-0.3, -0.25) is 14.5 Å². The van der Waals surface area contributed by atoms with Crippen LogP contribution in [0.3, 0.4) is 0 Å². The van der Waals surface area contributed by atoms with E-state index in [9.17, 15) is 14.0 Å². The Morgan fingerprint density at radius 2 is 1.75 bits per heavy atom. The van der Waals surface area contributed by atoms with E-state index in [1.807, 2.05) is 19.2 Å². The maximum atomic E-state index is 13.5. The summed E-state index contributed by atoms with van der Waals surface area (Å²) in [5.74, 6) is -0.417. The van der Waals surface area contributed by atoms with Crippen LogP contribution in [0.1, 0.15) is 29.6 Å². The molecule has 148 valence electrons. The molecule has 2 aromatic carbocycles. The Hall–Kier alpha value is -2.73. The van der Waals surface area contributed by atoms with Gasteiger partial charge in [-0.1, -0.05) is 24.3 Å². The van der Waals surface area contributed by atoms with Crippen LogP contribution in [0.4, 0.5) is 4.39 Å². The number of benzene rings is 2. The molecule has 3 rings (SSSR count). The van der Waals surface area contributed by atoms with Crippen molar-refractivity contribution in [2.45, 2.75) is 31.3 Å². The van der Waals surface area contributed by atoms with Crippen molar-refractivity contribution in [1.82, 2.24) is 15.5 Å². The van der Waals surface area contributed by atoms with E-state index in [0.717, 1.165) is 24.0 Å². The minimum atomic E-state index is -0.303. The molecule has 6 heteroatoms. The van der Waals surface area contributed by atoms with E-state index in [2.05, 4.69) is 15.5 Å². The number of nitrogens with zero attached hydrogens (tertiary/aromatic N) is 1. The summed E-state index contributed by atoms with van der Waals surface area (Å²) in [5, 5.41) is 5.66. The van der Waals surface area contributed by atoms with E-state index in [0.29, 0.717) is 18.5 Å². The number of carbonyl (C=O) groups is 2. The summed E-state index contributed by atoms with van der Waals surface area (Å²) in [5.41, 5.74) is 2.09. The summed E-state index contributed by atoms with van der Waals surface area (Å²) in [7, 11) is 3.65. The fraction of sp³-hybridized carbons (Fsp3) is 0.364. The lowest BCUT2D eigenvalue weighted by Gasteiger charge is -2.25. The molecular weight excluding hydrogens is 357 g/mol. The minimum absolute atomic E-state index is 0.0377. The molecule has 1 aliphatic rings. The van der Waals surface area contributed by atoms with Crippen LogP contribution in [0.5, 0.6) is 0 Å². The lowest BCUT2D eigenvalue weighted by Crippen LogP contribution is -2.42. The molecule has 0 aliphatic carbocycles. The number of carbonyl (C=O) groups excluding carboxylic acids is 2. The van der Waals surface area contributed by atoms with Crippen molar-refractivity contribution in [3.8, 4) is 11.1 Å². The lowest BCUT2D eigenvalue weighted by molar-refractivity contribution is -0.121. The summed E-state index contributed by atoms with van der Waals surface area (Å²) in [6.45, 7) is 0.532. The molecule has 2 atom stereocenters. The van der Waals surface area contributed by atoms with Crippen LogP contribution in [0, 0.1) is 5.82 Å². The normalized spacial score (nSPS) is 19.4. The average Bonchev–Trinajstić information content (AvgIpc) is 3.05. The van der Waals surface area contributed by atoms with Crippen LogP contribution >= 0.6 is 0 Å². The van der Waals surface area contributed by atoms with E-state index in [-0.39, 0.29) is 29.7 Å². The zero-order valence-electron chi connectivity index (χ0n) is 16.2. The van der Waals surface area contributed by atoms with Crippen molar-refractivity contribution >= 4 is 11.8 Å². The van der Waals surface area contributed by atoms with Crippen LogP contribution in [0.2, 0.25) is 0 Å². The number of hydrogen-bond donors (Lipinski definition) is 2. The van der Waals surface area contributed by atoms with Crippen molar-refractivity contribution in [3.05, 3.63) is 59.9 Å². The molecule has 2 N–H and O–H groups in total. The first kappa shape index (κ1) is 20.0. The van der Waals surface area contributed by atoms with E-state index in [1.165, 1.54) is 12.1 Å². The highest BCUT2D eigenvalue weighted by Crippen LogP contribution is 2.24. The van der Waals surface area contributed by atoms with Gasteiger partial charge in [-0.15, -0.1) is 0 Å². The minimum Gasteiger partial charge on any atom is -0.359 e. The molecule has 0 aromatic heterocycles. The van der Waals surface area contributed by atoms with Crippen LogP contribution < -0.4 is 10.6 Å². The Kier molecular flexibility index (Phi) is 6.41. The second-order valence-corrected chi connectivity index (χ2v) is 7.23. The molecule has 5 nitrogen and oxygen atoms in total. The Labute approximate surface area is 164 Å². The highest BCUT2D eigenvalue weighted by Gasteiger charge is 2.31. The quantitative estimate of drug-likeness (QED) is 0.806. The number of likely N-dealkylation sites (N-methyl/N-ethyl adjacent to an activating group) is 1. The second kappa shape index (κ2) is 8.97. The van der Waals surface area contributed by atoms with E-state index in [4.69, 9.17) is 0 Å². The fourth-order valence-corrected chi connectivity index (χ4v) is 3.72. The first-order valence-corrected chi connectivity index (χ1v) is 9.54. The monoisotopic (exact) mass is 383 g/mol. The number of rotatable bonds is 6. The first-order chi connectivity index (χ1) is 13.5. The molecule has 28 heavy (non-hydrogen) atoms. The van der Waals surface area contributed by atoms with Crippen molar-refractivity contribution in [2.24, 2.45) is 0 Å². The van der Waals surface area contributed by atoms with Crippen molar-refractivity contribution in [2.75, 3.05) is 20.6 Å². The summed E-state index contributed by atoms with van der Waals surface area (Å²) in [4.78, 5) is 26.4. The first-order valence-electron chi connectivity index (χ1n) is 9.54. The second-order valence-electron chi connectivity index (χ2n) is 7.23. The van der Waals surface area contributed by atoms with Crippen molar-refractivity contribution < 1.29 is 14.0 Å². The SMILES string of the molecule is CNC(=O)C[C@H]1CC[C@@H](CNC(=O)c2cccc(-c3cccc(F)c3)c2)N1C. The smallest absolute Gasteiger partial charge is 0.251 e. The average molecular weight is 383 g/mol. The van der Waals surface area contributed by atoms with E-state index >= 15 is 0 Å². The Bertz CT molecular complexity index is 855. The molecule has 2 amide bonds. The largest absolute Gasteiger partial charge is 0.359 e. The Balaban J connectivity index is 1.60. The van der Waals surface area contributed by atoms with Gasteiger partial charge in [-0.2, -0.15) is 0 Å². The van der Waals surface area contributed by atoms with Gasteiger partial charge in [-0.05, 0) is 55.3 Å². The van der Waals surface area contributed by atoms with Gasteiger partial charge in [0, 0.05) is 37.7 Å². The van der Waals surface area contributed by atoms with Crippen LogP contribution in [-0.2, 0) is 4.79 Å². The molecular formula is C22H26FN3O2. The van der Waals surface area contributed by atoms with Gasteiger partial charge in [0.05, 0.1) is 0 Å². The van der Waals surface area contributed by atoms with Crippen LogP contribution in [-0.4, -0.2) is 49.4 Å². The zero-order valence-corrected chi connectivity index (χ0v) is 16.2. The number of amides is 2. The van der Waals surface area contributed by atoms with Crippen LogP contribution in [0.25, 0.3) is 11.1 Å². The van der Waals surface area contributed by atoms with Gasteiger partial charge >= 0.3 is 0 Å². The van der Waals surface area contributed by atoms with Gasteiger partial charge in [0.25, 0.3) is 5.91 Å². The molecule has 0 radical (unpaired) electrons. The maximum absolute atomic E-state index is 13.5. The molecule has 1 aliphatic heterocycles. The van der Waals surface area contributed by atoms with E-state index < -0.39 is 0 Å². The maximum Gasteiger partial charge on any atom is 0.251 e. The molecule has 1 saturated heterocycles. The third-order valence-corrected chi connectivity index (χ3v) is 5.47. The molecule has 0 spiro atoms. The highest BCUT2D eigenvalue weighted by atomic mass is 19.1. The van der Waals surface area contributed by atoms with Crippen molar-refractivity contribution in [1.29, 1.82) is 0 Å². The fourth-order valence-electron chi connectivity index (χ4n) is 3.72. The molecule has 0 unspecified atom stereocenters. The zero-order chi connectivity index (χ0) is 20.1. The van der Waals surface area contributed by atoms with Crippen LogP contribution in [0.15, 0.2) is 48.5 Å². The van der Waals surface area contributed by atoms with E-state index in [1.54, 1.807) is 31.3 Å². The molecule has 0 saturated carbocycles. The lowest BCUT2D eigenvalue weighted by atomic mass is 10.0. The molecule has 1 heterocycles. The van der Waals surface area contributed by atoms with Gasteiger partial charge in [0.1, 0.15) is 5.82 Å². The molecule has 2 aromatic rings. The van der Waals surface area contributed by atoms with Gasteiger partial charge < -0.3 is 10.6 Å². The third kappa shape index (κ3) is 4.75. The number of likely N-dealkylation sites (tertiary alicyclic amines) is 1. The summed E-state index contributed by atoms with van der Waals surface area (Å²) >= 11 is 0. The highest BCUT2D eigenvalue weighted by molar-refractivity contribution is 5.95.